The molecule has 4 N–H and O–H groups in total. The first-order valence-electron chi connectivity index (χ1n) is 5.54. The van der Waals surface area contributed by atoms with Gasteiger partial charge in [0.1, 0.15) is 0 Å². The number of hydrogen-bond acceptors (Lipinski definition) is 3. The van der Waals surface area contributed by atoms with Crippen LogP contribution in [0.2, 0.25) is 0 Å². The average Bonchev–Trinajstić information content (AvgIpc) is 2.34. The Balaban J connectivity index is 2.88. The van der Waals surface area contributed by atoms with Gasteiger partial charge >= 0.3 is 0 Å². The van der Waals surface area contributed by atoms with Gasteiger partial charge in [-0.15, -0.1) is 0 Å². The Labute approximate surface area is 114 Å². The van der Waals surface area contributed by atoms with Crippen LogP contribution in [-0.2, 0) is 0 Å². The van der Waals surface area contributed by atoms with Crippen LogP contribution in [0.15, 0.2) is 27.8 Å². The second kappa shape index (κ2) is 6.39. The third kappa shape index (κ3) is 3.46. The molecule has 1 aromatic rings. The van der Waals surface area contributed by atoms with Gasteiger partial charge in [0.25, 0.3) is 5.91 Å². The van der Waals surface area contributed by atoms with E-state index in [1.165, 1.54) is 0 Å². The molecular formula is C12H16BrN3O2. The van der Waals surface area contributed by atoms with Crippen molar-refractivity contribution in [2.75, 3.05) is 0 Å². The SMILES string of the molecule is CCC(NC(=O)c1ccc(C)cc1Br)/C(N)=N/O. The predicted molar refractivity (Wildman–Crippen MR) is 73.8 cm³/mol. The predicted octanol–water partition coefficient (Wildman–Crippen LogP) is 2.01. The normalized spacial score (nSPS) is 13.2. The molecule has 1 aromatic carbocycles. The Morgan fingerprint density at radius 1 is 1.61 bits per heavy atom. The molecule has 1 atom stereocenters. The summed E-state index contributed by atoms with van der Waals surface area (Å²) in [5.74, 6) is -0.269. The van der Waals surface area contributed by atoms with Gasteiger partial charge in [-0.05, 0) is 47.0 Å². The van der Waals surface area contributed by atoms with E-state index >= 15 is 0 Å². The lowest BCUT2D eigenvalue weighted by atomic mass is 10.1. The molecule has 6 heteroatoms. The zero-order valence-electron chi connectivity index (χ0n) is 10.3. The van der Waals surface area contributed by atoms with Gasteiger partial charge in [0.15, 0.2) is 5.84 Å². The zero-order valence-corrected chi connectivity index (χ0v) is 11.9. The third-order valence-corrected chi connectivity index (χ3v) is 3.21. The first-order chi connectivity index (χ1) is 8.49. The van der Waals surface area contributed by atoms with Gasteiger partial charge in [0, 0.05) is 4.47 Å². The maximum absolute atomic E-state index is 12.0. The lowest BCUT2D eigenvalue weighted by Gasteiger charge is -2.16. The van der Waals surface area contributed by atoms with Crippen LogP contribution in [0.1, 0.15) is 29.3 Å². The van der Waals surface area contributed by atoms with Crippen molar-refractivity contribution in [3.8, 4) is 0 Å². The summed E-state index contributed by atoms with van der Waals surface area (Å²) in [5.41, 5.74) is 7.07. The van der Waals surface area contributed by atoms with Crippen LogP contribution in [0.25, 0.3) is 0 Å². The Hall–Kier alpha value is -1.56. The van der Waals surface area contributed by atoms with Crippen molar-refractivity contribution in [3.05, 3.63) is 33.8 Å². The Bertz CT molecular complexity index is 474. The molecule has 0 fully saturated rings. The van der Waals surface area contributed by atoms with Crippen LogP contribution in [0.3, 0.4) is 0 Å². The molecule has 0 saturated heterocycles. The molecule has 18 heavy (non-hydrogen) atoms. The van der Waals surface area contributed by atoms with Crippen molar-refractivity contribution >= 4 is 27.7 Å². The number of carbonyl (C=O) groups excluding carboxylic acids is 1. The fourth-order valence-electron chi connectivity index (χ4n) is 1.50. The Morgan fingerprint density at radius 3 is 2.78 bits per heavy atom. The van der Waals surface area contributed by atoms with E-state index < -0.39 is 6.04 Å². The van der Waals surface area contributed by atoms with E-state index in [9.17, 15) is 4.79 Å². The van der Waals surface area contributed by atoms with Crippen molar-refractivity contribution in [1.82, 2.24) is 5.32 Å². The number of nitrogens with one attached hydrogen (secondary N) is 1. The number of amides is 1. The number of nitrogens with two attached hydrogens (primary N) is 1. The molecule has 0 radical (unpaired) electrons. The molecule has 0 spiro atoms. The molecule has 0 saturated carbocycles. The van der Waals surface area contributed by atoms with E-state index in [1.807, 2.05) is 26.0 Å². The summed E-state index contributed by atoms with van der Waals surface area (Å²) in [6.07, 6.45) is 0.547. The lowest BCUT2D eigenvalue weighted by molar-refractivity contribution is 0.0945. The Kier molecular flexibility index (Phi) is 5.15. The van der Waals surface area contributed by atoms with Gasteiger partial charge in [0.2, 0.25) is 0 Å². The number of benzene rings is 1. The van der Waals surface area contributed by atoms with Gasteiger partial charge in [-0.1, -0.05) is 18.1 Å². The van der Waals surface area contributed by atoms with Gasteiger partial charge in [0.05, 0.1) is 11.6 Å². The highest BCUT2D eigenvalue weighted by Crippen LogP contribution is 2.18. The number of oxime groups is 1. The molecule has 1 unspecified atom stereocenters. The number of carbonyl (C=O) groups is 1. The topological polar surface area (TPSA) is 87.7 Å². The average molecular weight is 314 g/mol. The standard InChI is InChI=1S/C12H16BrN3O2/c1-3-10(11(14)16-18)15-12(17)8-5-4-7(2)6-9(8)13/h4-6,10,18H,3H2,1-2H3,(H2,14,16)(H,15,17). The van der Waals surface area contributed by atoms with Crippen molar-refractivity contribution in [2.45, 2.75) is 26.3 Å². The molecule has 5 nitrogen and oxygen atoms in total. The summed E-state index contributed by atoms with van der Waals surface area (Å²) in [4.78, 5) is 12.0. The molecular weight excluding hydrogens is 298 g/mol. The van der Waals surface area contributed by atoms with Crippen molar-refractivity contribution in [1.29, 1.82) is 0 Å². The number of hydrogen-bond donors (Lipinski definition) is 3. The second-order valence-electron chi connectivity index (χ2n) is 3.94. The quantitative estimate of drug-likeness (QED) is 0.344. The smallest absolute Gasteiger partial charge is 0.253 e. The van der Waals surface area contributed by atoms with Crippen LogP contribution < -0.4 is 11.1 Å². The first kappa shape index (κ1) is 14.5. The minimum absolute atomic E-state index is 0.00548. The maximum Gasteiger partial charge on any atom is 0.253 e. The molecule has 0 heterocycles. The van der Waals surface area contributed by atoms with Crippen LogP contribution in [-0.4, -0.2) is 23.0 Å². The summed E-state index contributed by atoms with van der Waals surface area (Å²) in [5, 5.41) is 14.2. The highest BCUT2D eigenvalue weighted by atomic mass is 79.9. The fraction of sp³-hybridized carbons (Fsp3) is 0.333. The summed E-state index contributed by atoms with van der Waals surface area (Å²) in [6, 6.07) is 4.97. The van der Waals surface area contributed by atoms with Gasteiger partial charge in [-0.25, -0.2) is 0 Å². The number of halogens is 1. The zero-order chi connectivity index (χ0) is 13.7. The molecule has 0 aliphatic heterocycles. The van der Waals surface area contributed by atoms with Crippen molar-refractivity contribution in [2.24, 2.45) is 10.9 Å². The summed E-state index contributed by atoms with van der Waals surface area (Å²) in [7, 11) is 0. The van der Waals surface area contributed by atoms with Gasteiger partial charge in [-0.3, -0.25) is 4.79 Å². The molecule has 1 rings (SSSR count). The second-order valence-corrected chi connectivity index (χ2v) is 4.80. The number of amidine groups is 1. The maximum atomic E-state index is 12.0. The number of nitrogens with zero attached hydrogens (tertiary/aromatic N) is 1. The Morgan fingerprint density at radius 2 is 2.28 bits per heavy atom. The summed E-state index contributed by atoms with van der Waals surface area (Å²) < 4.78 is 0.717. The van der Waals surface area contributed by atoms with Gasteiger partial charge in [-0.2, -0.15) is 0 Å². The van der Waals surface area contributed by atoms with Crippen LogP contribution >= 0.6 is 15.9 Å². The molecule has 0 aliphatic rings. The fourth-order valence-corrected chi connectivity index (χ4v) is 2.17. The molecule has 0 bridgehead atoms. The van der Waals surface area contributed by atoms with E-state index in [-0.39, 0.29) is 11.7 Å². The third-order valence-electron chi connectivity index (χ3n) is 2.56. The van der Waals surface area contributed by atoms with Crippen LogP contribution in [0.4, 0.5) is 0 Å². The van der Waals surface area contributed by atoms with E-state index in [2.05, 4.69) is 26.4 Å². The molecule has 1 amide bonds. The van der Waals surface area contributed by atoms with Crippen molar-refractivity contribution < 1.29 is 10.0 Å². The van der Waals surface area contributed by atoms with E-state index in [4.69, 9.17) is 10.9 Å². The van der Waals surface area contributed by atoms with E-state index in [1.54, 1.807) is 6.07 Å². The summed E-state index contributed by atoms with van der Waals surface area (Å²) in [6.45, 7) is 3.78. The van der Waals surface area contributed by atoms with Crippen LogP contribution in [0, 0.1) is 6.92 Å². The highest BCUT2D eigenvalue weighted by molar-refractivity contribution is 9.10. The lowest BCUT2D eigenvalue weighted by Crippen LogP contribution is -2.44. The minimum Gasteiger partial charge on any atom is -0.409 e. The molecule has 0 aromatic heterocycles. The number of aryl methyl sites for hydroxylation is 1. The summed E-state index contributed by atoms with van der Waals surface area (Å²) >= 11 is 3.34. The van der Waals surface area contributed by atoms with Crippen molar-refractivity contribution in [3.63, 3.8) is 0 Å². The molecule has 98 valence electrons. The van der Waals surface area contributed by atoms with E-state index in [0.29, 0.717) is 12.0 Å². The molecule has 0 aliphatic carbocycles. The first-order valence-corrected chi connectivity index (χ1v) is 6.33. The van der Waals surface area contributed by atoms with Crippen LogP contribution in [0.5, 0.6) is 0 Å². The van der Waals surface area contributed by atoms with Gasteiger partial charge < -0.3 is 16.3 Å². The largest absolute Gasteiger partial charge is 0.409 e. The minimum atomic E-state index is -0.476. The monoisotopic (exact) mass is 313 g/mol. The highest BCUT2D eigenvalue weighted by Gasteiger charge is 2.17. The van der Waals surface area contributed by atoms with E-state index in [0.717, 1.165) is 10.0 Å². The number of rotatable bonds is 4.